The number of nitrogens with one attached hydrogen (secondary N) is 2. The Labute approximate surface area is 178 Å². The summed E-state index contributed by atoms with van der Waals surface area (Å²) in [4.78, 5) is 40.8. The molecule has 2 amide bonds. The number of rotatable bonds is 6. The molecular weight excluding hydrogens is 410 g/mol. The molecule has 1 heterocycles. The van der Waals surface area contributed by atoms with E-state index in [2.05, 4.69) is 20.4 Å². The third kappa shape index (κ3) is 6.26. The molecule has 30 heavy (non-hydrogen) atoms. The number of ether oxygens (including phenoxy) is 2. The van der Waals surface area contributed by atoms with Crippen LogP contribution in [0.25, 0.3) is 10.6 Å². The van der Waals surface area contributed by atoms with Crippen molar-refractivity contribution < 1.29 is 29.0 Å². The number of carbonyl (C=O) groups is 3. The lowest BCUT2D eigenvalue weighted by Crippen LogP contribution is -2.44. The predicted molar refractivity (Wildman–Crippen MR) is 112 cm³/mol. The minimum Gasteiger partial charge on any atom is -0.467 e. The van der Waals surface area contributed by atoms with Crippen LogP contribution >= 0.6 is 11.3 Å². The van der Waals surface area contributed by atoms with Gasteiger partial charge in [0.15, 0.2) is 6.04 Å². The molecule has 162 valence electrons. The Kier molecular flexibility index (Phi) is 7.52. The van der Waals surface area contributed by atoms with E-state index in [9.17, 15) is 19.5 Å². The van der Waals surface area contributed by atoms with Crippen molar-refractivity contribution in [3.8, 4) is 10.6 Å². The molecule has 0 radical (unpaired) electrons. The molecule has 0 fully saturated rings. The van der Waals surface area contributed by atoms with E-state index in [4.69, 9.17) is 4.74 Å². The average Bonchev–Trinajstić information content (AvgIpc) is 3.06. The second-order valence-corrected chi connectivity index (χ2v) is 8.56. The highest BCUT2D eigenvalue weighted by Crippen LogP contribution is 2.28. The first-order chi connectivity index (χ1) is 14.0. The van der Waals surface area contributed by atoms with Crippen LogP contribution in [-0.4, -0.2) is 53.4 Å². The van der Waals surface area contributed by atoms with E-state index in [0.29, 0.717) is 15.6 Å². The van der Waals surface area contributed by atoms with Gasteiger partial charge in [0.2, 0.25) is 0 Å². The number of aliphatic hydroxyl groups is 1. The number of carbonyl (C=O) groups excluding carboxylic acids is 3. The molecule has 0 aliphatic carbocycles. The Bertz CT molecular complexity index is 918. The number of hydrogen-bond acceptors (Lipinski definition) is 8. The Balaban J connectivity index is 2.11. The van der Waals surface area contributed by atoms with Gasteiger partial charge in [-0.15, -0.1) is 11.3 Å². The molecule has 9 nitrogen and oxygen atoms in total. The van der Waals surface area contributed by atoms with E-state index in [1.807, 2.05) is 0 Å². The van der Waals surface area contributed by atoms with Crippen molar-refractivity contribution in [1.29, 1.82) is 0 Å². The van der Waals surface area contributed by atoms with Crippen LogP contribution in [0.4, 0.5) is 10.5 Å². The van der Waals surface area contributed by atoms with Gasteiger partial charge in [-0.1, -0.05) is 0 Å². The van der Waals surface area contributed by atoms with Crippen LogP contribution in [0.3, 0.4) is 0 Å². The summed E-state index contributed by atoms with van der Waals surface area (Å²) in [6.45, 7) is 6.49. The number of hydrogen-bond donors (Lipinski definition) is 3. The van der Waals surface area contributed by atoms with Crippen molar-refractivity contribution in [2.75, 3.05) is 19.0 Å². The molecule has 0 spiro atoms. The van der Waals surface area contributed by atoms with Crippen LogP contribution in [-0.2, 0) is 14.3 Å². The topological polar surface area (TPSA) is 127 Å². The van der Waals surface area contributed by atoms with Crippen molar-refractivity contribution in [2.24, 2.45) is 0 Å². The normalized spacial score (nSPS) is 12.1. The average molecular weight is 436 g/mol. The maximum atomic E-state index is 12.4. The fourth-order valence-corrected chi connectivity index (χ4v) is 3.31. The molecule has 0 bridgehead atoms. The van der Waals surface area contributed by atoms with Gasteiger partial charge in [0.05, 0.1) is 13.7 Å². The SMILES string of the molecule is COC(=O)C(CO)NC(=O)c1nc(-c2ccc(NC(=O)OC(C)(C)C)cc2)sc1C. The molecule has 3 N–H and O–H groups in total. The molecule has 0 aliphatic rings. The van der Waals surface area contributed by atoms with Gasteiger partial charge in [0, 0.05) is 16.1 Å². The van der Waals surface area contributed by atoms with Gasteiger partial charge in [-0.2, -0.15) is 0 Å². The zero-order valence-electron chi connectivity index (χ0n) is 17.4. The van der Waals surface area contributed by atoms with Gasteiger partial charge in [-0.05, 0) is 52.0 Å². The number of esters is 1. The summed E-state index contributed by atoms with van der Waals surface area (Å²) in [6, 6.07) is 5.77. The van der Waals surface area contributed by atoms with E-state index in [1.54, 1.807) is 52.0 Å². The lowest BCUT2D eigenvalue weighted by atomic mass is 10.2. The number of anilines is 1. The molecule has 1 aromatic heterocycles. The van der Waals surface area contributed by atoms with Gasteiger partial charge in [-0.3, -0.25) is 10.1 Å². The largest absolute Gasteiger partial charge is 0.467 e. The molecule has 2 aromatic rings. The number of aryl methyl sites for hydroxylation is 1. The lowest BCUT2D eigenvalue weighted by Gasteiger charge is -2.19. The standard InChI is InChI=1S/C20H25N3O6S/c1-11-15(16(25)22-14(10-24)18(26)28-5)23-17(30-11)12-6-8-13(9-7-12)21-19(27)29-20(2,3)4/h6-9,14,24H,10H2,1-5H3,(H,21,27)(H,22,25). The number of thiazole rings is 1. The maximum Gasteiger partial charge on any atom is 0.412 e. The Morgan fingerprint density at radius 2 is 1.83 bits per heavy atom. The van der Waals surface area contributed by atoms with E-state index < -0.39 is 36.2 Å². The Hall–Kier alpha value is -2.98. The summed E-state index contributed by atoms with van der Waals surface area (Å²) in [5.41, 5.74) is 0.877. The second-order valence-electron chi connectivity index (χ2n) is 7.36. The highest BCUT2D eigenvalue weighted by Gasteiger charge is 2.24. The monoisotopic (exact) mass is 435 g/mol. The van der Waals surface area contributed by atoms with Crippen molar-refractivity contribution in [2.45, 2.75) is 39.3 Å². The van der Waals surface area contributed by atoms with Gasteiger partial charge < -0.3 is 19.9 Å². The van der Waals surface area contributed by atoms with Gasteiger partial charge >= 0.3 is 12.1 Å². The first-order valence-electron chi connectivity index (χ1n) is 9.11. The number of nitrogens with zero attached hydrogens (tertiary/aromatic N) is 1. The summed E-state index contributed by atoms with van der Waals surface area (Å²) in [5, 5.41) is 14.9. The zero-order chi connectivity index (χ0) is 22.5. The molecule has 0 saturated heterocycles. The number of aromatic nitrogens is 1. The van der Waals surface area contributed by atoms with Gasteiger partial charge in [0.1, 0.15) is 16.3 Å². The van der Waals surface area contributed by atoms with Gasteiger partial charge in [-0.25, -0.2) is 14.6 Å². The van der Waals surface area contributed by atoms with E-state index >= 15 is 0 Å². The summed E-state index contributed by atoms with van der Waals surface area (Å²) in [5.74, 6) is -1.32. The molecule has 2 rings (SSSR count). The highest BCUT2D eigenvalue weighted by atomic mass is 32.1. The van der Waals surface area contributed by atoms with Crippen molar-refractivity contribution in [3.05, 3.63) is 34.8 Å². The molecule has 10 heteroatoms. The Morgan fingerprint density at radius 3 is 2.37 bits per heavy atom. The first-order valence-corrected chi connectivity index (χ1v) is 9.93. The number of benzene rings is 1. The fraction of sp³-hybridized carbons (Fsp3) is 0.400. The third-order valence-corrected chi connectivity index (χ3v) is 4.78. The Morgan fingerprint density at radius 1 is 1.20 bits per heavy atom. The number of amides is 2. The third-order valence-electron chi connectivity index (χ3n) is 3.76. The van der Waals surface area contributed by atoms with E-state index in [0.717, 1.165) is 5.56 Å². The summed E-state index contributed by atoms with van der Waals surface area (Å²) >= 11 is 1.31. The van der Waals surface area contributed by atoms with Crippen molar-refractivity contribution >= 4 is 35.0 Å². The lowest BCUT2D eigenvalue weighted by molar-refractivity contribution is -0.143. The van der Waals surface area contributed by atoms with Crippen LogP contribution in [0.2, 0.25) is 0 Å². The first kappa shape index (κ1) is 23.3. The fourth-order valence-electron chi connectivity index (χ4n) is 2.40. The molecule has 1 unspecified atom stereocenters. The summed E-state index contributed by atoms with van der Waals surface area (Å²) in [7, 11) is 1.17. The molecule has 0 saturated carbocycles. The summed E-state index contributed by atoms with van der Waals surface area (Å²) in [6.07, 6.45) is -0.552. The molecule has 0 aliphatic heterocycles. The van der Waals surface area contributed by atoms with Crippen LogP contribution in [0.1, 0.15) is 36.1 Å². The second kappa shape index (κ2) is 9.68. The molecular formula is C20H25N3O6S. The maximum absolute atomic E-state index is 12.4. The number of methoxy groups -OCH3 is 1. The van der Waals surface area contributed by atoms with E-state index in [1.165, 1.54) is 18.4 Å². The molecule has 1 atom stereocenters. The summed E-state index contributed by atoms with van der Waals surface area (Å²) < 4.78 is 9.75. The van der Waals surface area contributed by atoms with Crippen molar-refractivity contribution in [3.63, 3.8) is 0 Å². The highest BCUT2D eigenvalue weighted by molar-refractivity contribution is 7.15. The quantitative estimate of drug-likeness (QED) is 0.595. The van der Waals surface area contributed by atoms with E-state index in [-0.39, 0.29) is 5.69 Å². The van der Waals surface area contributed by atoms with Crippen LogP contribution in [0, 0.1) is 6.92 Å². The zero-order valence-corrected chi connectivity index (χ0v) is 18.3. The predicted octanol–water partition coefficient (Wildman–Crippen LogP) is 2.73. The van der Waals surface area contributed by atoms with Gasteiger partial charge in [0.25, 0.3) is 5.91 Å². The van der Waals surface area contributed by atoms with Crippen LogP contribution < -0.4 is 10.6 Å². The minimum atomic E-state index is -1.16. The number of aliphatic hydroxyl groups excluding tert-OH is 1. The smallest absolute Gasteiger partial charge is 0.412 e. The molecule has 1 aromatic carbocycles. The van der Waals surface area contributed by atoms with Crippen LogP contribution in [0.15, 0.2) is 24.3 Å². The van der Waals surface area contributed by atoms with Crippen LogP contribution in [0.5, 0.6) is 0 Å². The minimum absolute atomic E-state index is 0.160. The van der Waals surface area contributed by atoms with Crippen molar-refractivity contribution in [1.82, 2.24) is 10.3 Å².